The lowest BCUT2D eigenvalue weighted by atomic mass is 10.1. The normalized spacial score (nSPS) is 12.7. The van der Waals surface area contributed by atoms with Crippen LogP contribution in [-0.2, 0) is 6.42 Å². The van der Waals surface area contributed by atoms with E-state index in [2.05, 4.69) is 5.38 Å². The second kappa shape index (κ2) is 4.79. The van der Waals surface area contributed by atoms with Gasteiger partial charge < -0.3 is 9.84 Å². The number of hydrogen-bond donors (Lipinski definition) is 1. The third-order valence-electron chi connectivity index (χ3n) is 2.19. The van der Waals surface area contributed by atoms with Crippen molar-refractivity contribution in [1.29, 1.82) is 0 Å². The zero-order valence-corrected chi connectivity index (χ0v) is 9.98. The van der Waals surface area contributed by atoms with Crippen molar-refractivity contribution in [3.8, 4) is 5.75 Å². The smallest absolute Gasteiger partial charge is 0.135 e. The van der Waals surface area contributed by atoms with Gasteiger partial charge in [-0.25, -0.2) is 0 Å². The maximum atomic E-state index is 10.0. The highest BCUT2D eigenvalue weighted by atomic mass is 32.1. The number of thiophene rings is 2. The lowest BCUT2D eigenvalue weighted by Gasteiger charge is -2.09. The average molecular weight is 240 g/mol. The van der Waals surface area contributed by atoms with E-state index in [1.54, 1.807) is 18.4 Å². The molecular weight excluding hydrogens is 228 g/mol. The molecule has 2 aromatic heterocycles. The van der Waals surface area contributed by atoms with Crippen LogP contribution in [0, 0.1) is 0 Å². The number of hydrogen-bond acceptors (Lipinski definition) is 4. The molecule has 2 nitrogen and oxygen atoms in total. The van der Waals surface area contributed by atoms with Gasteiger partial charge in [0, 0.05) is 6.42 Å². The minimum absolute atomic E-state index is 0.463. The van der Waals surface area contributed by atoms with Crippen LogP contribution in [0.3, 0.4) is 0 Å². The molecule has 0 aromatic carbocycles. The van der Waals surface area contributed by atoms with Gasteiger partial charge in [0.2, 0.25) is 0 Å². The zero-order valence-electron chi connectivity index (χ0n) is 8.34. The molecule has 0 radical (unpaired) electrons. The molecule has 1 N–H and O–H groups in total. The van der Waals surface area contributed by atoms with Gasteiger partial charge >= 0.3 is 0 Å². The van der Waals surface area contributed by atoms with E-state index in [1.165, 1.54) is 16.9 Å². The minimum Gasteiger partial charge on any atom is -0.495 e. The van der Waals surface area contributed by atoms with Gasteiger partial charge in [0.05, 0.1) is 18.1 Å². The van der Waals surface area contributed by atoms with Crippen molar-refractivity contribution >= 4 is 22.7 Å². The monoisotopic (exact) mass is 240 g/mol. The Kier molecular flexibility index (Phi) is 3.41. The second-order valence-corrected chi connectivity index (χ2v) is 4.93. The fraction of sp³-hybridized carbons (Fsp3) is 0.273. The molecule has 0 fully saturated rings. The van der Waals surface area contributed by atoms with Crippen molar-refractivity contribution < 1.29 is 9.84 Å². The Morgan fingerprint density at radius 3 is 2.93 bits per heavy atom. The first-order valence-corrected chi connectivity index (χ1v) is 6.44. The molecule has 1 atom stereocenters. The summed E-state index contributed by atoms with van der Waals surface area (Å²) in [6.07, 6.45) is 0.190. The summed E-state index contributed by atoms with van der Waals surface area (Å²) in [4.78, 5) is 0.906. The predicted molar refractivity (Wildman–Crippen MR) is 63.9 cm³/mol. The Hall–Kier alpha value is -0.840. The number of rotatable bonds is 4. The molecule has 0 aliphatic heterocycles. The summed E-state index contributed by atoms with van der Waals surface area (Å²) in [6, 6.07) is 3.92. The van der Waals surface area contributed by atoms with Crippen LogP contribution in [0.15, 0.2) is 28.3 Å². The van der Waals surface area contributed by atoms with Crippen molar-refractivity contribution in [2.24, 2.45) is 0 Å². The van der Waals surface area contributed by atoms with Crippen LogP contribution in [0.5, 0.6) is 5.75 Å². The molecular formula is C11H12O2S2. The van der Waals surface area contributed by atoms with E-state index in [-0.39, 0.29) is 0 Å². The van der Waals surface area contributed by atoms with Crippen molar-refractivity contribution in [1.82, 2.24) is 0 Å². The van der Waals surface area contributed by atoms with Gasteiger partial charge in [0.25, 0.3) is 0 Å². The third kappa shape index (κ3) is 2.40. The predicted octanol–water partition coefficient (Wildman–Crippen LogP) is 3.09. The van der Waals surface area contributed by atoms with Gasteiger partial charge in [0.1, 0.15) is 5.75 Å². The highest BCUT2D eigenvalue weighted by Crippen LogP contribution is 2.32. The Labute approximate surface area is 96.8 Å². The third-order valence-corrected chi connectivity index (χ3v) is 3.92. The maximum absolute atomic E-state index is 10.0. The summed E-state index contributed by atoms with van der Waals surface area (Å²) in [6.45, 7) is 0. The number of methoxy groups -OCH3 is 1. The molecule has 2 rings (SSSR count). The number of aliphatic hydroxyl groups excluding tert-OH is 1. The molecule has 0 bridgehead atoms. The summed E-state index contributed by atoms with van der Waals surface area (Å²) in [5.41, 5.74) is 1.17. The Morgan fingerprint density at radius 1 is 1.40 bits per heavy atom. The summed E-state index contributed by atoms with van der Waals surface area (Å²) < 4.78 is 5.18. The Morgan fingerprint density at radius 2 is 2.27 bits per heavy atom. The fourth-order valence-electron chi connectivity index (χ4n) is 1.45. The van der Waals surface area contributed by atoms with E-state index in [1.807, 2.05) is 22.9 Å². The molecule has 0 saturated heterocycles. The van der Waals surface area contributed by atoms with E-state index in [0.717, 1.165) is 10.6 Å². The van der Waals surface area contributed by atoms with Crippen molar-refractivity contribution in [2.75, 3.05) is 7.11 Å². The van der Waals surface area contributed by atoms with Gasteiger partial charge in [0.15, 0.2) is 0 Å². The summed E-state index contributed by atoms with van der Waals surface area (Å²) in [5.74, 6) is 0.780. The van der Waals surface area contributed by atoms with Gasteiger partial charge in [-0.15, -0.1) is 11.3 Å². The molecule has 1 unspecified atom stereocenters. The Balaban J connectivity index is 2.11. The molecule has 15 heavy (non-hydrogen) atoms. The average Bonchev–Trinajstić information content (AvgIpc) is 2.86. The highest BCUT2D eigenvalue weighted by molar-refractivity contribution is 7.10. The van der Waals surface area contributed by atoms with Crippen LogP contribution in [-0.4, -0.2) is 12.2 Å². The Bertz CT molecular complexity index is 406. The molecule has 2 aromatic rings. The quantitative estimate of drug-likeness (QED) is 0.890. The first-order chi connectivity index (χ1) is 7.31. The molecule has 0 aliphatic carbocycles. The summed E-state index contributed by atoms with van der Waals surface area (Å²) in [7, 11) is 1.63. The second-order valence-electron chi connectivity index (χ2n) is 3.20. The SMILES string of the molecule is COc1ccsc1C(O)Cc1ccsc1. The lowest BCUT2D eigenvalue weighted by Crippen LogP contribution is -2.00. The number of ether oxygens (including phenoxy) is 1. The van der Waals surface area contributed by atoms with E-state index in [9.17, 15) is 5.11 Å². The van der Waals surface area contributed by atoms with E-state index in [0.29, 0.717) is 6.42 Å². The van der Waals surface area contributed by atoms with Crippen LogP contribution >= 0.6 is 22.7 Å². The highest BCUT2D eigenvalue weighted by Gasteiger charge is 2.15. The van der Waals surface area contributed by atoms with Crippen LogP contribution in [0.1, 0.15) is 16.5 Å². The fourth-order valence-corrected chi connectivity index (χ4v) is 2.97. The van der Waals surface area contributed by atoms with Crippen LogP contribution < -0.4 is 4.74 Å². The first kappa shape index (κ1) is 10.7. The van der Waals surface area contributed by atoms with Crippen LogP contribution in [0.2, 0.25) is 0 Å². The summed E-state index contributed by atoms with van der Waals surface area (Å²) >= 11 is 3.18. The molecule has 0 aliphatic rings. The van der Waals surface area contributed by atoms with Gasteiger partial charge in [-0.1, -0.05) is 0 Å². The lowest BCUT2D eigenvalue weighted by molar-refractivity contribution is 0.178. The van der Waals surface area contributed by atoms with Crippen LogP contribution in [0.4, 0.5) is 0 Å². The number of aliphatic hydroxyl groups is 1. The van der Waals surface area contributed by atoms with Crippen LogP contribution in [0.25, 0.3) is 0 Å². The van der Waals surface area contributed by atoms with E-state index >= 15 is 0 Å². The van der Waals surface area contributed by atoms with Gasteiger partial charge in [-0.2, -0.15) is 11.3 Å². The minimum atomic E-state index is -0.463. The standard InChI is InChI=1S/C11H12O2S2/c1-13-10-3-5-15-11(10)9(12)6-8-2-4-14-7-8/h2-5,7,9,12H,6H2,1H3. The van der Waals surface area contributed by atoms with Crippen molar-refractivity contribution in [2.45, 2.75) is 12.5 Å². The largest absolute Gasteiger partial charge is 0.495 e. The van der Waals surface area contributed by atoms with Crippen molar-refractivity contribution in [3.63, 3.8) is 0 Å². The molecule has 4 heteroatoms. The van der Waals surface area contributed by atoms with Gasteiger partial charge in [-0.3, -0.25) is 0 Å². The molecule has 0 spiro atoms. The van der Waals surface area contributed by atoms with Crippen molar-refractivity contribution in [3.05, 3.63) is 38.7 Å². The zero-order chi connectivity index (χ0) is 10.7. The van der Waals surface area contributed by atoms with E-state index in [4.69, 9.17) is 4.74 Å². The summed E-state index contributed by atoms with van der Waals surface area (Å²) in [5, 5.41) is 16.0. The molecule has 80 valence electrons. The first-order valence-electron chi connectivity index (χ1n) is 4.61. The molecule has 0 saturated carbocycles. The van der Waals surface area contributed by atoms with Gasteiger partial charge in [-0.05, 0) is 33.8 Å². The molecule has 2 heterocycles. The maximum Gasteiger partial charge on any atom is 0.135 e. The molecule has 0 amide bonds. The van der Waals surface area contributed by atoms with E-state index < -0.39 is 6.10 Å². The topological polar surface area (TPSA) is 29.5 Å².